The van der Waals surface area contributed by atoms with Gasteiger partial charge in [0.1, 0.15) is 6.04 Å². The van der Waals surface area contributed by atoms with Crippen LogP contribution < -0.4 is 9.62 Å². The first-order valence-corrected chi connectivity index (χ1v) is 16.3. The molecule has 0 unspecified atom stereocenters. The lowest BCUT2D eigenvalue weighted by molar-refractivity contribution is -0.141. The van der Waals surface area contributed by atoms with E-state index in [9.17, 15) is 26.8 Å². The molecule has 2 amide bonds. The Morgan fingerprint density at radius 1 is 0.953 bits per heavy atom. The number of hydrogen-bond donors (Lipinski definition) is 1. The van der Waals surface area contributed by atoms with Crippen LogP contribution in [-0.4, -0.2) is 50.5 Å². The van der Waals surface area contributed by atoms with E-state index in [2.05, 4.69) is 5.32 Å². The summed E-state index contributed by atoms with van der Waals surface area (Å²) in [5.41, 5.74) is 1.36. The van der Waals surface area contributed by atoms with Gasteiger partial charge in [0, 0.05) is 48.6 Å². The minimum absolute atomic E-state index is 0.000395. The predicted octanol–water partition coefficient (Wildman–Crippen LogP) is 6.23. The van der Waals surface area contributed by atoms with Gasteiger partial charge in [0.15, 0.2) is 11.6 Å². The molecule has 0 aliphatic heterocycles. The third kappa shape index (κ3) is 10.2. The van der Waals surface area contributed by atoms with Gasteiger partial charge in [-0.3, -0.25) is 13.9 Å². The molecule has 0 saturated heterocycles. The van der Waals surface area contributed by atoms with Crippen molar-refractivity contribution in [1.29, 1.82) is 0 Å². The first-order valence-electron chi connectivity index (χ1n) is 13.7. The fourth-order valence-electron chi connectivity index (χ4n) is 4.45. The second-order valence-corrected chi connectivity index (χ2v) is 13.4. The van der Waals surface area contributed by atoms with Crippen molar-refractivity contribution in [2.45, 2.75) is 45.7 Å². The fourth-order valence-corrected chi connectivity index (χ4v) is 5.88. The van der Waals surface area contributed by atoms with Gasteiger partial charge >= 0.3 is 0 Å². The highest BCUT2D eigenvalue weighted by atomic mass is 35.5. The zero-order chi connectivity index (χ0) is 31.7. The molecule has 3 rings (SSSR count). The van der Waals surface area contributed by atoms with E-state index in [0.717, 1.165) is 34.3 Å². The Kier molecular flexibility index (Phi) is 12.4. The van der Waals surface area contributed by atoms with Crippen LogP contribution in [0.25, 0.3) is 0 Å². The Bertz CT molecular complexity index is 1520. The van der Waals surface area contributed by atoms with Gasteiger partial charge in [0.2, 0.25) is 21.8 Å². The van der Waals surface area contributed by atoms with E-state index in [0.29, 0.717) is 22.2 Å². The van der Waals surface area contributed by atoms with E-state index in [1.54, 1.807) is 18.2 Å². The highest BCUT2D eigenvalue weighted by Crippen LogP contribution is 2.25. The highest BCUT2D eigenvalue weighted by Gasteiger charge is 2.31. The minimum atomic E-state index is -3.88. The van der Waals surface area contributed by atoms with E-state index in [1.807, 2.05) is 44.2 Å². The van der Waals surface area contributed by atoms with Crippen molar-refractivity contribution in [3.63, 3.8) is 0 Å². The summed E-state index contributed by atoms with van der Waals surface area (Å²) in [5.74, 6) is -2.87. The van der Waals surface area contributed by atoms with Crippen molar-refractivity contribution in [3.8, 4) is 0 Å². The lowest BCUT2D eigenvalue weighted by Gasteiger charge is -2.32. The molecule has 0 heterocycles. The molecule has 0 bridgehead atoms. The summed E-state index contributed by atoms with van der Waals surface area (Å²) in [6, 6.07) is 16.1. The maximum atomic E-state index is 13.9. The number of anilines is 1. The Labute approximate surface area is 261 Å². The molecule has 3 aromatic rings. The molecule has 0 fully saturated rings. The van der Waals surface area contributed by atoms with Crippen LogP contribution in [-0.2, 0) is 32.6 Å². The van der Waals surface area contributed by atoms with Crippen LogP contribution >= 0.6 is 23.2 Å². The number of nitrogens with zero attached hydrogens (tertiary/aromatic N) is 2. The lowest BCUT2D eigenvalue weighted by Crippen LogP contribution is -2.51. The Morgan fingerprint density at radius 2 is 1.65 bits per heavy atom. The lowest BCUT2D eigenvalue weighted by atomic mass is 10.0. The van der Waals surface area contributed by atoms with Gasteiger partial charge in [-0.15, -0.1) is 0 Å². The minimum Gasteiger partial charge on any atom is -0.354 e. The maximum Gasteiger partial charge on any atom is 0.243 e. The molecule has 1 N–H and O–H groups in total. The molecular formula is C31H35Cl2F2N3O4S. The topological polar surface area (TPSA) is 86.8 Å². The number of nitrogens with one attached hydrogen (secondary N) is 1. The summed E-state index contributed by atoms with van der Waals surface area (Å²) in [6.45, 7) is 4.16. The van der Waals surface area contributed by atoms with E-state index in [1.165, 1.54) is 4.90 Å². The van der Waals surface area contributed by atoms with Gasteiger partial charge in [-0.05, 0) is 47.7 Å². The number of sulfonamides is 1. The number of hydrogen-bond acceptors (Lipinski definition) is 4. The summed E-state index contributed by atoms with van der Waals surface area (Å²) in [6.07, 6.45) is 1.08. The van der Waals surface area contributed by atoms with E-state index >= 15 is 0 Å². The molecule has 1 atom stereocenters. The number of rotatable bonds is 14. The third-order valence-corrected chi connectivity index (χ3v) is 8.44. The number of amides is 2. The second kappa shape index (κ2) is 15.5. The summed E-state index contributed by atoms with van der Waals surface area (Å²) >= 11 is 12.5. The summed E-state index contributed by atoms with van der Waals surface area (Å²) in [4.78, 5) is 28.9. The average Bonchev–Trinajstić information content (AvgIpc) is 2.94. The zero-order valence-electron chi connectivity index (χ0n) is 24.2. The number of carbonyl (C=O) groups excluding carboxylic acids is 2. The number of carbonyl (C=O) groups is 2. The van der Waals surface area contributed by atoms with Crippen LogP contribution in [0.4, 0.5) is 14.5 Å². The quantitative estimate of drug-likeness (QED) is 0.223. The number of halogens is 4. The average molecular weight is 655 g/mol. The van der Waals surface area contributed by atoms with Crippen LogP contribution in [0.3, 0.4) is 0 Å². The van der Waals surface area contributed by atoms with Gasteiger partial charge in [-0.1, -0.05) is 73.4 Å². The van der Waals surface area contributed by atoms with Crippen molar-refractivity contribution in [2.24, 2.45) is 5.92 Å². The predicted molar refractivity (Wildman–Crippen MR) is 167 cm³/mol. The third-order valence-electron chi connectivity index (χ3n) is 6.65. The summed E-state index contributed by atoms with van der Waals surface area (Å²) < 4.78 is 53.3. The standard InChI is InChI=1S/C31H35Cl2F2N3O4S/c1-21(2)19-36-31(40)29(16-22-8-5-4-6-9-22)37(20-23-11-12-24(32)17-26(23)33)30(39)10-7-15-38(43(3,41)42)25-13-14-27(34)28(35)18-25/h4-6,8-9,11-14,17-18,21,29H,7,10,15-16,19-20H2,1-3H3,(H,36,40)/t29-/m1/s1. The Morgan fingerprint density at radius 3 is 2.26 bits per heavy atom. The normalized spacial score (nSPS) is 12.2. The van der Waals surface area contributed by atoms with Crippen LogP contribution in [0.5, 0.6) is 0 Å². The van der Waals surface area contributed by atoms with Crippen molar-refractivity contribution >= 4 is 50.7 Å². The van der Waals surface area contributed by atoms with Crippen molar-refractivity contribution in [2.75, 3.05) is 23.7 Å². The van der Waals surface area contributed by atoms with Crippen molar-refractivity contribution < 1.29 is 26.8 Å². The highest BCUT2D eigenvalue weighted by molar-refractivity contribution is 7.92. The molecule has 43 heavy (non-hydrogen) atoms. The zero-order valence-corrected chi connectivity index (χ0v) is 26.5. The molecule has 7 nitrogen and oxygen atoms in total. The molecule has 3 aromatic carbocycles. The van der Waals surface area contributed by atoms with Gasteiger partial charge in [-0.2, -0.15) is 0 Å². The van der Waals surface area contributed by atoms with Crippen LogP contribution in [0.15, 0.2) is 66.7 Å². The Hall–Kier alpha value is -3.21. The van der Waals surface area contributed by atoms with Gasteiger partial charge in [0.05, 0.1) is 11.9 Å². The molecule has 0 radical (unpaired) electrons. The van der Waals surface area contributed by atoms with Gasteiger partial charge in [-0.25, -0.2) is 17.2 Å². The first kappa shape index (κ1) is 34.3. The van der Waals surface area contributed by atoms with Crippen molar-refractivity contribution in [1.82, 2.24) is 10.2 Å². The van der Waals surface area contributed by atoms with Crippen molar-refractivity contribution in [3.05, 3.63) is 99.5 Å². The second-order valence-electron chi connectivity index (χ2n) is 10.6. The summed E-state index contributed by atoms with van der Waals surface area (Å²) in [7, 11) is -3.88. The monoisotopic (exact) mass is 653 g/mol. The molecule has 0 saturated carbocycles. The molecule has 12 heteroatoms. The largest absolute Gasteiger partial charge is 0.354 e. The first-order chi connectivity index (χ1) is 20.3. The molecule has 0 aromatic heterocycles. The van der Waals surface area contributed by atoms with Crippen LogP contribution in [0, 0.1) is 17.6 Å². The summed E-state index contributed by atoms with van der Waals surface area (Å²) in [5, 5.41) is 3.68. The SMILES string of the molecule is CC(C)CNC(=O)[C@@H](Cc1ccccc1)N(Cc1ccc(Cl)cc1Cl)C(=O)CCCN(c1ccc(F)c(F)c1)S(C)(=O)=O. The molecule has 0 aliphatic carbocycles. The van der Waals surface area contributed by atoms with E-state index in [4.69, 9.17) is 23.2 Å². The van der Waals surface area contributed by atoms with Gasteiger partial charge in [0.25, 0.3) is 0 Å². The fraction of sp³-hybridized carbons (Fsp3) is 0.355. The molecule has 232 valence electrons. The van der Waals surface area contributed by atoms with Crippen LogP contribution in [0.2, 0.25) is 10.0 Å². The molecular weight excluding hydrogens is 619 g/mol. The van der Waals surface area contributed by atoms with E-state index in [-0.39, 0.29) is 49.9 Å². The van der Waals surface area contributed by atoms with E-state index < -0.39 is 33.6 Å². The number of benzene rings is 3. The Balaban J connectivity index is 1.92. The molecule has 0 aliphatic rings. The van der Waals surface area contributed by atoms with Crippen LogP contribution in [0.1, 0.15) is 37.8 Å². The maximum absolute atomic E-state index is 13.9. The smallest absolute Gasteiger partial charge is 0.243 e. The van der Waals surface area contributed by atoms with Gasteiger partial charge < -0.3 is 10.2 Å². The molecule has 0 spiro atoms.